The monoisotopic (exact) mass is 559 g/mol. The normalized spacial score (nSPS) is 14.0. The van der Waals surface area contributed by atoms with Crippen LogP contribution in [-0.2, 0) is 6.54 Å². The summed E-state index contributed by atoms with van der Waals surface area (Å²) in [6, 6.07) is 19.9. The van der Waals surface area contributed by atoms with Crippen molar-refractivity contribution in [3.8, 4) is 41.2 Å². The Bertz CT molecular complexity index is 1810. The van der Waals surface area contributed by atoms with Crippen LogP contribution in [-0.4, -0.2) is 47.1 Å². The minimum Gasteiger partial charge on any atom is -0.495 e. The van der Waals surface area contributed by atoms with Crippen molar-refractivity contribution in [1.29, 1.82) is 5.26 Å². The van der Waals surface area contributed by atoms with Crippen LogP contribution in [0.3, 0.4) is 0 Å². The van der Waals surface area contributed by atoms with Gasteiger partial charge in [-0.25, -0.2) is 0 Å². The van der Waals surface area contributed by atoms with E-state index in [-0.39, 0.29) is 47.5 Å². The molecule has 4 aromatic rings. The number of hydrogen-bond donors (Lipinski definition) is 1. The van der Waals surface area contributed by atoms with Crippen molar-refractivity contribution in [1.82, 2.24) is 9.78 Å². The molecule has 0 bridgehead atoms. The number of terminal acetylenes is 1. The quantitative estimate of drug-likeness (QED) is 0.256. The molecule has 0 saturated heterocycles. The molecule has 10 nitrogen and oxygen atoms in total. The fourth-order valence-corrected chi connectivity index (χ4v) is 5.00. The third-order valence-corrected chi connectivity index (χ3v) is 6.92. The maximum atomic E-state index is 13.9. The van der Waals surface area contributed by atoms with E-state index < -0.39 is 11.8 Å². The maximum Gasteiger partial charge on any atom is 0.277 e. The van der Waals surface area contributed by atoms with Crippen LogP contribution >= 0.6 is 0 Å². The average molecular weight is 560 g/mol. The lowest BCUT2D eigenvalue weighted by Crippen LogP contribution is -2.47. The number of carbonyl (C=O) groups is 3. The first kappa shape index (κ1) is 27.7. The molecular formula is C32H25N5O5. The number of nitrogens with zero attached hydrogens (tertiary/aromatic N) is 4. The smallest absolute Gasteiger partial charge is 0.277 e. The first-order chi connectivity index (χ1) is 20.3. The number of ether oxygens (including phenoxy) is 2. The van der Waals surface area contributed by atoms with E-state index in [1.807, 2.05) is 6.92 Å². The van der Waals surface area contributed by atoms with Gasteiger partial charge in [-0.1, -0.05) is 18.1 Å². The molecule has 0 spiro atoms. The molecular weight excluding hydrogens is 534 g/mol. The van der Waals surface area contributed by atoms with Crippen LogP contribution in [0.1, 0.15) is 49.3 Å². The van der Waals surface area contributed by atoms with Gasteiger partial charge in [-0.05, 0) is 61.5 Å². The van der Waals surface area contributed by atoms with Crippen LogP contribution in [0.5, 0.6) is 11.5 Å². The maximum absolute atomic E-state index is 13.9. The zero-order chi connectivity index (χ0) is 30.0. The number of fused-ring (bicyclic) bond motifs is 1. The lowest BCUT2D eigenvalue weighted by molar-refractivity contribution is 0.0929. The van der Waals surface area contributed by atoms with E-state index in [1.54, 1.807) is 65.6 Å². The van der Waals surface area contributed by atoms with Crippen LogP contribution < -0.4 is 20.1 Å². The van der Waals surface area contributed by atoms with E-state index in [0.717, 1.165) is 0 Å². The number of hydrogen-bond acceptors (Lipinski definition) is 7. The minimum atomic E-state index is -0.821. The van der Waals surface area contributed by atoms with E-state index in [9.17, 15) is 19.6 Å². The van der Waals surface area contributed by atoms with Crippen LogP contribution in [0.2, 0.25) is 0 Å². The van der Waals surface area contributed by atoms with Crippen molar-refractivity contribution >= 4 is 23.3 Å². The molecule has 2 amide bonds. The number of nitriles is 1. The first-order valence-electron chi connectivity index (χ1n) is 12.9. The van der Waals surface area contributed by atoms with Gasteiger partial charge in [0.2, 0.25) is 0 Å². The number of ketones is 1. The molecule has 0 saturated carbocycles. The third-order valence-electron chi connectivity index (χ3n) is 6.92. The summed E-state index contributed by atoms with van der Waals surface area (Å²) >= 11 is 0. The highest BCUT2D eigenvalue weighted by Crippen LogP contribution is 2.34. The predicted molar refractivity (Wildman–Crippen MR) is 154 cm³/mol. The zero-order valence-corrected chi connectivity index (χ0v) is 22.8. The molecule has 208 valence electrons. The summed E-state index contributed by atoms with van der Waals surface area (Å²) in [6.45, 7) is 2.23. The third kappa shape index (κ3) is 4.93. The lowest BCUT2D eigenvalue weighted by Gasteiger charge is -2.34. The first-order valence-corrected chi connectivity index (χ1v) is 12.9. The summed E-state index contributed by atoms with van der Waals surface area (Å²) < 4.78 is 12.1. The number of methoxy groups -OCH3 is 1. The fourth-order valence-electron chi connectivity index (χ4n) is 5.00. The van der Waals surface area contributed by atoms with E-state index >= 15 is 0 Å². The summed E-state index contributed by atoms with van der Waals surface area (Å²) in [5, 5.41) is 14.1. The highest BCUT2D eigenvalue weighted by molar-refractivity contribution is 6.15. The van der Waals surface area contributed by atoms with Gasteiger partial charge >= 0.3 is 0 Å². The summed E-state index contributed by atoms with van der Waals surface area (Å²) in [5.41, 5.74) is 8.07. The SMILES string of the molecule is C#CCOc1cccc(C(=O)c2ccc(N3C(=O)c4c(C(N)=O)c(-c5ccc(OC)c(C#N)c5)nn4CC3C)cc2)c1. The molecule has 1 unspecified atom stereocenters. The Morgan fingerprint density at radius 1 is 1.12 bits per heavy atom. The van der Waals surface area contributed by atoms with Gasteiger partial charge in [0.1, 0.15) is 35.6 Å². The van der Waals surface area contributed by atoms with E-state index in [1.165, 1.54) is 17.9 Å². The van der Waals surface area contributed by atoms with Gasteiger partial charge < -0.3 is 20.1 Å². The molecule has 1 aliphatic heterocycles. The van der Waals surface area contributed by atoms with Crippen LogP contribution in [0.15, 0.2) is 66.7 Å². The topological polar surface area (TPSA) is 141 Å². The molecule has 2 heterocycles. The van der Waals surface area contributed by atoms with E-state index in [0.29, 0.717) is 33.9 Å². The lowest BCUT2D eigenvalue weighted by atomic mass is 10.0. The number of benzene rings is 3. The number of anilines is 1. The van der Waals surface area contributed by atoms with Gasteiger partial charge in [0.15, 0.2) is 5.78 Å². The van der Waals surface area contributed by atoms with Crippen molar-refractivity contribution in [2.24, 2.45) is 5.73 Å². The minimum absolute atomic E-state index is 0.0373. The second-order valence-electron chi connectivity index (χ2n) is 9.57. The number of primary amides is 1. The number of rotatable bonds is 8. The van der Waals surface area contributed by atoms with Crippen molar-refractivity contribution in [3.63, 3.8) is 0 Å². The zero-order valence-electron chi connectivity index (χ0n) is 22.8. The molecule has 2 N–H and O–H groups in total. The van der Waals surface area contributed by atoms with E-state index in [2.05, 4.69) is 17.1 Å². The Kier molecular flexibility index (Phi) is 7.46. The molecule has 1 aliphatic rings. The number of nitrogens with two attached hydrogens (primary N) is 1. The molecule has 3 aromatic carbocycles. The molecule has 10 heteroatoms. The Morgan fingerprint density at radius 3 is 2.55 bits per heavy atom. The fraction of sp³-hybridized carbons (Fsp3) is 0.156. The van der Waals surface area contributed by atoms with Crippen LogP contribution in [0.4, 0.5) is 5.69 Å². The highest BCUT2D eigenvalue weighted by atomic mass is 16.5. The van der Waals surface area contributed by atoms with Crippen LogP contribution in [0.25, 0.3) is 11.3 Å². The van der Waals surface area contributed by atoms with Gasteiger partial charge in [-0.2, -0.15) is 10.4 Å². The molecule has 1 atom stereocenters. The Morgan fingerprint density at radius 2 is 1.88 bits per heavy atom. The molecule has 42 heavy (non-hydrogen) atoms. The van der Waals surface area contributed by atoms with Crippen molar-refractivity contribution in [2.45, 2.75) is 19.5 Å². The Hall–Kier alpha value is -5.87. The number of amides is 2. The van der Waals surface area contributed by atoms with Gasteiger partial charge in [0, 0.05) is 22.4 Å². The second kappa shape index (κ2) is 11.3. The Balaban J connectivity index is 1.47. The summed E-state index contributed by atoms with van der Waals surface area (Å²) in [4.78, 5) is 41.2. The molecule has 0 fully saturated rings. The van der Waals surface area contributed by atoms with Gasteiger partial charge in [-0.15, -0.1) is 6.42 Å². The second-order valence-corrected chi connectivity index (χ2v) is 9.57. The predicted octanol–water partition coefficient (Wildman–Crippen LogP) is 3.82. The Labute approximate surface area is 241 Å². The average Bonchev–Trinajstić information content (AvgIpc) is 3.39. The summed E-state index contributed by atoms with van der Waals surface area (Å²) in [7, 11) is 1.45. The summed E-state index contributed by atoms with van der Waals surface area (Å²) in [5.74, 6) is 1.74. The van der Waals surface area contributed by atoms with Crippen molar-refractivity contribution < 1.29 is 23.9 Å². The standard InChI is InChI=1S/C32H25N5O5/c1-4-14-42-25-7-5-6-22(16-25)30(38)20-8-11-24(12-9-20)37-19(2)18-36-29(32(37)40)27(31(34)39)28(35-36)21-10-13-26(41-3)23(15-21)17-33/h1,5-13,15-16,19H,14,18H2,2-3H3,(H2,34,39). The summed E-state index contributed by atoms with van der Waals surface area (Å²) in [6.07, 6.45) is 5.25. The van der Waals surface area contributed by atoms with Crippen LogP contribution in [0, 0.1) is 23.7 Å². The van der Waals surface area contributed by atoms with Gasteiger partial charge in [0.25, 0.3) is 11.8 Å². The van der Waals surface area contributed by atoms with Gasteiger partial charge in [0.05, 0.1) is 30.8 Å². The van der Waals surface area contributed by atoms with Crippen molar-refractivity contribution in [2.75, 3.05) is 18.6 Å². The molecule has 1 aromatic heterocycles. The van der Waals surface area contributed by atoms with E-state index in [4.69, 9.17) is 21.6 Å². The largest absolute Gasteiger partial charge is 0.495 e. The number of aromatic nitrogens is 2. The molecule has 0 radical (unpaired) electrons. The van der Waals surface area contributed by atoms with Gasteiger partial charge in [-0.3, -0.25) is 19.1 Å². The van der Waals surface area contributed by atoms with Crippen molar-refractivity contribution in [3.05, 3.63) is 94.7 Å². The molecule has 5 rings (SSSR count). The number of carbonyl (C=O) groups excluding carboxylic acids is 3. The molecule has 0 aliphatic carbocycles. The highest BCUT2D eigenvalue weighted by Gasteiger charge is 2.38.